The molecular weight excluding hydrogens is 482 g/mol. The van der Waals surface area contributed by atoms with Crippen LogP contribution in [0, 0.1) is 12.8 Å². The normalized spacial score (nSPS) is 12.9. The van der Waals surface area contributed by atoms with Gasteiger partial charge in [0.25, 0.3) is 5.91 Å². The molecule has 0 fully saturated rings. The van der Waals surface area contributed by atoms with Gasteiger partial charge in [-0.2, -0.15) is 0 Å². The Morgan fingerprint density at radius 1 is 1.03 bits per heavy atom. The predicted octanol–water partition coefficient (Wildman–Crippen LogP) is 5.95. The molecule has 0 radical (unpaired) electrons. The third kappa shape index (κ3) is 9.08. The molecule has 0 aliphatic heterocycles. The molecule has 8 heteroatoms. The highest BCUT2D eigenvalue weighted by molar-refractivity contribution is 5.99. The van der Waals surface area contributed by atoms with Gasteiger partial charge in [0.05, 0.1) is 0 Å². The van der Waals surface area contributed by atoms with Crippen LogP contribution in [-0.4, -0.2) is 46.1 Å². The molecule has 8 nitrogen and oxygen atoms in total. The number of amides is 3. The number of aromatic hydroxyl groups is 1. The van der Waals surface area contributed by atoms with Gasteiger partial charge < -0.3 is 25.4 Å². The van der Waals surface area contributed by atoms with Crippen molar-refractivity contribution in [1.82, 2.24) is 10.2 Å². The SMILES string of the molecule is CCCCN(C(=O)C(CC(C)C)NC(=O)OC(C)(C)C)C(C(=O)Nc1ccccc1C)c1ccccc1O. The Balaban J connectivity index is 2.54. The fourth-order valence-corrected chi connectivity index (χ4v) is 4.12. The number of carbonyl (C=O) groups excluding carboxylic acids is 3. The number of anilines is 1. The highest BCUT2D eigenvalue weighted by Crippen LogP contribution is 2.32. The standard InChI is InChI=1S/C30H43N3O5/c1-8-9-18-33(28(36)24(19-20(2)3)32-29(37)38-30(5,6)7)26(22-15-11-13-17-25(22)34)27(35)31-23-16-12-10-14-21(23)4/h10-17,20,24,26,34H,8-9,18-19H2,1-7H3,(H,31,35)(H,32,37). The lowest BCUT2D eigenvalue weighted by Crippen LogP contribution is -2.53. The number of alkyl carbamates (subject to hydrolysis) is 1. The van der Waals surface area contributed by atoms with Crippen molar-refractivity contribution >= 4 is 23.6 Å². The van der Waals surface area contributed by atoms with Gasteiger partial charge in [-0.05, 0) is 64.2 Å². The van der Waals surface area contributed by atoms with E-state index < -0.39 is 35.6 Å². The van der Waals surface area contributed by atoms with Crippen molar-refractivity contribution in [3.05, 3.63) is 59.7 Å². The Kier molecular flexibility index (Phi) is 11.2. The van der Waals surface area contributed by atoms with Crippen LogP contribution in [-0.2, 0) is 14.3 Å². The number of ether oxygens (including phenoxy) is 1. The maximum Gasteiger partial charge on any atom is 0.408 e. The molecule has 208 valence electrons. The molecule has 2 aromatic carbocycles. The molecule has 0 aliphatic carbocycles. The number of nitrogens with zero attached hydrogens (tertiary/aromatic N) is 1. The minimum Gasteiger partial charge on any atom is -0.508 e. The number of benzene rings is 2. The van der Waals surface area contributed by atoms with Crippen molar-refractivity contribution in [2.24, 2.45) is 5.92 Å². The van der Waals surface area contributed by atoms with Crippen molar-refractivity contribution in [1.29, 1.82) is 0 Å². The molecule has 3 N–H and O–H groups in total. The largest absolute Gasteiger partial charge is 0.508 e. The molecule has 0 aliphatic rings. The van der Waals surface area contributed by atoms with Crippen molar-refractivity contribution in [2.45, 2.75) is 85.4 Å². The first-order valence-electron chi connectivity index (χ1n) is 13.3. The van der Waals surface area contributed by atoms with Crippen LogP contribution in [0.25, 0.3) is 0 Å². The highest BCUT2D eigenvalue weighted by Gasteiger charge is 2.37. The third-order valence-corrected chi connectivity index (χ3v) is 5.93. The molecular formula is C30H43N3O5. The van der Waals surface area contributed by atoms with E-state index in [-0.39, 0.29) is 18.2 Å². The summed E-state index contributed by atoms with van der Waals surface area (Å²) in [6.45, 7) is 13.3. The van der Waals surface area contributed by atoms with E-state index in [1.54, 1.807) is 45.0 Å². The monoisotopic (exact) mass is 525 g/mol. The van der Waals surface area contributed by atoms with Crippen LogP contribution in [0.15, 0.2) is 48.5 Å². The lowest BCUT2D eigenvalue weighted by atomic mass is 9.98. The van der Waals surface area contributed by atoms with E-state index in [1.165, 1.54) is 11.0 Å². The molecule has 3 amide bonds. The van der Waals surface area contributed by atoms with E-state index in [0.29, 0.717) is 24.1 Å². The van der Waals surface area contributed by atoms with E-state index in [9.17, 15) is 19.5 Å². The number of aryl methyl sites for hydroxylation is 1. The van der Waals surface area contributed by atoms with E-state index >= 15 is 0 Å². The number of hydrogen-bond acceptors (Lipinski definition) is 5. The van der Waals surface area contributed by atoms with Gasteiger partial charge in [0.2, 0.25) is 5.91 Å². The number of hydrogen-bond donors (Lipinski definition) is 3. The zero-order valence-corrected chi connectivity index (χ0v) is 23.7. The summed E-state index contributed by atoms with van der Waals surface area (Å²) in [6, 6.07) is 11.9. The lowest BCUT2D eigenvalue weighted by molar-refractivity contribution is -0.141. The number of para-hydroxylation sites is 2. The second kappa shape index (κ2) is 13.8. The molecule has 2 atom stereocenters. The Morgan fingerprint density at radius 2 is 1.66 bits per heavy atom. The Labute approximate surface area is 226 Å². The van der Waals surface area contributed by atoms with Gasteiger partial charge >= 0.3 is 6.09 Å². The summed E-state index contributed by atoms with van der Waals surface area (Å²) in [5.41, 5.74) is 1.06. The van der Waals surface area contributed by atoms with Gasteiger partial charge in [0, 0.05) is 17.8 Å². The van der Waals surface area contributed by atoms with Crippen LogP contribution in [0.1, 0.15) is 78.0 Å². The number of carbonyl (C=O) groups is 3. The second-order valence-corrected chi connectivity index (χ2v) is 11.0. The first kappa shape index (κ1) is 30.7. The van der Waals surface area contributed by atoms with E-state index in [4.69, 9.17) is 4.74 Å². The number of unbranched alkanes of at least 4 members (excludes halogenated alkanes) is 1. The average molecular weight is 526 g/mol. The van der Waals surface area contributed by atoms with Gasteiger partial charge in [-0.3, -0.25) is 9.59 Å². The molecule has 0 spiro atoms. The third-order valence-electron chi connectivity index (χ3n) is 5.93. The van der Waals surface area contributed by atoms with Crippen molar-refractivity contribution in [2.75, 3.05) is 11.9 Å². The maximum atomic E-state index is 14.1. The van der Waals surface area contributed by atoms with Gasteiger partial charge in [-0.25, -0.2) is 4.79 Å². The zero-order chi connectivity index (χ0) is 28.5. The molecule has 2 rings (SSSR count). The molecule has 2 unspecified atom stereocenters. The molecule has 0 heterocycles. The fraction of sp³-hybridized carbons (Fsp3) is 0.500. The van der Waals surface area contributed by atoms with Gasteiger partial charge in [0.15, 0.2) is 0 Å². The van der Waals surface area contributed by atoms with E-state index in [0.717, 1.165) is 12.0 Å². The van der Waals surface area contributed by atoms with Crippen LogP contribution in [0.2, 0.25) is 0 Å². The van der Waals surface area contributed by atoms with Crippen LogP contribution >= 0.6 is 0 Å². The number of nitrogens with one attached hydrogen (secondary N) is 2. The van der Waals surface area contributed by atoms with Crippen LogP contribution in [0.4, 0.5) is 10.5 Å². The molecule has 0 bridgehead atoms. The molecule has 2 aromatic rings. The summed E-state index contributed by atoms with van der Waals surface area (Å²) in [5, 5.41) is 16.4. The van der Waals surface area contributed by atoms with Crippen molar-refractivity contribution in [3.63, 3.8) is 0 Å². The summed E-state index contributed by atoms with van der Waals surface area (Å²) in [4.78, 5) is 42.1. The van der Waals surface area contributed by atoms with Gasteiger partial charge in [-0.15, -0.1) is 0 Å². The average Bonchev–Trinajstić information content (AvgIpc) is 2.81. The number of phenolic OH excluding ortho intramolecular Hbond substituents is 1. The molecule has 38 heavy (non-hydrogen) atoms. The predicted molar refractivity (Wildman–Crippen MR) is 150 cm³/mol. The molecule has 0 saturated heterocycles. The van der Waals surface area contributed by atoms with Crippen molar-refractivity contribution in [3.8, 4) is 5.75 Å². The van der Waals surface area contributed by atoms with Crippen LogP contribution < -0.4 is 10.6 Å². The number of phenols is 1. The topological polar surface area (TPSA) is 108 Å². The quantitative estimate of drug-likeness (QED) is 0.336. The van der Waals surface area contributed by atoms with E-state index in [1.807, 2.05) is 45.9 Å². The number of rotatable bonds is 11. The van der Waals surface area contributed by atoms with Gasteiger partial charge in [0.1, 0.15) is 23.4 Å². The first-order valence-corrected chi connectivity index (χ1v) is 13.3. The lowest BCUT2D eigenvalue weighted by Gasteiger charge is -2.35. The summed E-state index contributed by atoms with van der Waals surface area (Å²) in [6.07, 6.45) is 1.07. The minimum atomic E-state index is -1.12. The second-order valence-electron chi connectivity index (χ2n) is 11.0. The van der Waals surface area contributed by atoms with Gasteiger partial charge in [-0.1, -0.05) is 63.6 Å². The maximum absolute atomic E-state index is 14.1. The summed E-state index contributed by atoms with van der Waals surface area (Å²) >= 11 is 0. The Hall–Kier alpha value is -3.55. The van der Waals surface area contributed by atoms with Crippen molar-refractivity contribution < 1.29 is 24.2 Å². The summed E-state index contributed by atoms with van der Waals surface area (Å²) < 4.78 is 5.42. The zero-order valence-electron chi connectivity index (χ0n) is 23.7. The fourth-order valence-electron chi connectivity index (χ4n) is 4.12. The Bertz CT molecular complexity index is 1090. The smallest absolute Gasteiger partial charge is 0.408 e. The summed E-state index contributed by atoms with van der Waals surface area (Å²) in [7, 11) is 0. The first-order chi connectivity index (χ1) is 17.8. The summed E-state index contributed by atoms with van der Waals surface area (Å²) in [5.74, 6) is -0.874. The highest BCUT2D eigenvalue weighted by atomic mass is 16.6. The molecule has 0 aromatic heterocycles. The van der Waals surface area contributed by atoms with Crippen LogP contribution in [0.5, 0.6) is 5.75 Å². The Morgan fingerprint density at radius 3 is 2.24 bits per heavy atom. The minimum absolute atomic E-state index is 0.0799. The van der Waals surface area contributed by atoms with E-state index in [2.05, 4.69) is 10.6 Å². The van der Waals surface area contributed by atoms with Crippen LogP contribution in [0.3, 0.4) is 0 Å². The molecule has 0 saturated carbocycles.